The minimum atomic E-state index is 0.00374. The Morgan fingerprint density at radius 3 is 2.81 bits per heavy atom. The van der Waals surface area contributed by atoms with Crippen molar-refractivity contribution in [3.05, 3.63) is 23.8 Å². The van der Waals surface area contributed by atoms with Crippen molar-refractivity contribution in [1.82, 2.24) is 5.32 Å². The quantitative estimate of drug-likeness (QED) is 0.524. The Labute approximate surface area is 95.7 Å². The van der Waals surface area contributed by atoms with Crippen molar-refractivity contribution < 1.29 is 9.90 Å². The van der Waals surface area contributed by atoms with Gasteiger partial charge in [-0.05, 0) is 50.7 Å². The minimum absolute atomic E-state index is 0.00374. The number of nitrogens with one attached hydrogen (secondary N) is 2. The van der Waals surface area contributed by atoms with Gasteiger partial charge in [0.1, 0.15) is 5.75 Å². The average Bonchev–Trinajstić information content (AvgIpc) is 2.23. The first-order chi connectivity index (χ1) is 7.63. The van der Waals surface area contributed by atoms with Crippen LogP contribution >= 0.6 is 0 Å². The Morgan fingerprint density at radius 2 is 2.19 bits per heavy atom. The molecule has 0 aliphatic heterocycles. The van der Waals surface area contributed by atoms with Crippen LogP contribution in [0, 0.1) is 6.92 Å². The lowest BCUT2D eigenvalue weighted by molar-refractivity contribution is -0.116. The number of phenolic OH excluding ortho intramolecular Hbond substituents is 1. The zero-order valence-corrected chi connectivity index (χ0v) is 9.71. The molecule has 4 heteroatoms. The van der Waals surface area contributed by atoms with Crippen LogP contribution in [0.15, 0.2) is 18.2 Å². The van der Waals surface area contributed by atoms with Crippen LogP contribution in [0.3, 0.4) is 0 Å². The Kier molecular flexibility index (Phi) is 4.79. The summed E-state index contributed by atoms with van der Waals surface area (Å²) in [5.74, 6) is 0.217. The highest BCUT2D eigenvalue weighted by molar-refractivity contribution is 5.91. The maximum atomic E-state index is 11.5. The molecule has 0 atom stereocenters. The van der Waals surface area contributed by atoms with Crippen molar-refractivity contribution in [1.29, 1.82) is 0 Å². The second-order valence-electron chi connectivity index (χ2n) is 3.75. The molecule has 0 unspecified atom stereocenters. The van der Waals surface area contributed by atoms with Gasteiger partial charge in [0.05, 0.1) is 0 Å². The zero-order valence-electron chi connectivity index (χ0n) is 9.71. The van der Waals surface area contributed by atoms with Gasteiger partial charge in [-0.2, -0.15) is 0 Å². The molecule has 0 aliphatic rings. The van der Waals surface area contributed by atoms with E-state index in [0.717, 1.165) is 24.2 Å². The van der Waals surface area contributed by atoms with Gasteiger partial charge in [0, 0.05) is 12.1 Å². The summed E-state index contributed by atoms with van der Waals surface area (Å²) in [4.78, 5) is 11.5. The highest BCUT2D eigenvalue weighted by Gasteiger charge is 2.04. The molecular weight excluding hydrogens is 204 g/mol. The standard InChI is InChI=1S/C12H18N2O2/c1-9-8-10(15)5-6-11(9)14-12(16)4-3-7-13-2/h5-6,8,13,15H,3-4,7H2,1-2H3,(H,14,16). The fourth-order valence-electron chi connectivity index (χ4n) is 1.43. The third-order valence-electron chi connectivity index (χ3n) is 2.31. The number of carbonyl (C=O) groups excluding carboxylic acids is 1. The van der Waals surface area contributed by atoms with Crippen LogP contribution in [0.25, 0.3) is 0 Å². The molecular formula is C12H18N2O2. The summed E-state index contributed by atoms with van der Waals surface area (Å²) in [6.45, 7) is 2.69. The van der Waals surface area contributed by atoms with Crippen LogP contribution in [-0.2, 0) is 4.79 Å². The van der Waals surface area contributed by atoms with Gasteiger partial charge in [-0.3, -0.25) is 4.79 Å². The number of amides is 1. The molecule has 0 heterocycles. The van der Waals surface area contributed by atoms with Gasteiger partial charge < -0.3 is 15.7 Å². The number of phenols is 1. The largest absolute Gasteiger partial charge is 0.508 e. The Morgan fingerprint density at radius 1 is 1.44 bits per heavy atom. The van der Waals surface area contributed by atoms with E-state index in [9.17, 15) is 9.90 Å². The van der Waals surface area contributed by atoms with E-state index < -0.39 is 0 Å². The molecule has 3 N–H and O–H groups in total. The summed E-state index contributed by atoms with van der Waals surface area (Å²) in [5, 5.41) is 15.0. The predicted molar refractivity (Wildman–Crippen MR) is 64.6 cm³/mol. The van der Waals surface area contributed by atoms with E-state index in [1.807, 2.05) is 14.0 Å². The molecule has 0 fully saturated rings. The van der Waals surface area contributed by atoms with Crippen molar-refractivity contribution in [3.8, 4) is 5.75 Å². The molecule has 1 aromatic rings. The van der Waals surface area contributed by atoms with Crippen LogP contribution in [0.5, 0.6) is 5.75 Å². The van der Waals surface area contributed by atoms with Crippen molar-refractivity contribution in [2.24, 2.45) is 0 Å². The summed E-state index contributed by atoms with van der Waals surface area (Å²) in [5.41, 5.74) is 1.62. The van der Waals surface area contributed by atoms with Gasteiger partial charge in [-0.1, -0.05) is 0 Å². The Hall–Kier alpha value is -1.55. The van der Waals surface area contributed by atoms with Crippen LogP contribution in [0.2, 0.25) is 0 Å². The topological polar surface area (TPSA) is 61.4 Å². The lowest BCUT2D eigenvalue weighted by Gasteiger charge is -2.08. The number of aromatic hydroxyl groups is 1. The summed E-state index contributed by atoms with van der Waals surface area (Å²) < 4.78 is 0. The second-order valence-corrected chi connectivity index (χ2v) is 3.75. The van der Waals surface area contributed by atoms with Crippen LogP contribution in [0.4, 0.5) is 5.69 Å². The molecule has 0 spiro atoms. The SMILES string of the molecule is CNCCCC(=O)Nc1ccc(O)cc1C. The summed E-state index contributed by atoms with van der Waals surface area (Å²) in [6, 6.07) is 4.90. The van der Waals surface area contributed by atoms with E-state index in [4.69, 9.17) is 0 Å². The molecule has 1 rings (SSSR count). The molecule has 0 aromatic heterocycles. The van der Waals surface area contributed by atoms with Crippen LogP contribution < -0.4 is 10.6 Å². The fraction of sp³-hybridized carbons (Fsp3) is 0.417. The zero-order chi connectivity index (χ0) is 12.0. The number of anilines is 1. The van der Waals surface area contributed by atoms with Crippen molar-refractivity contribution >= 4 is 11.6 Å². The molecule has 0 bridgehead atoms. The predicted octanol–water partition coefficient (Wildman–Crippen LogP) is 1.64. The van der Waals surface area contributed by atoms with E-state index in [2.05, 4.69) is 10.6 Å². The third kappa shape index (κ3) is 3.90. The number of hydrogen-bond acceptors (Lipinski definition) is 3. The highest BCUT2D eigenvalue weighted by Crippen LogP contribution is 2.20. The van der Waals surface area contributed by atoms with Gasteiger partial charge in [0.15, 0.2) is 0 Å². The lowest BCUT2D eigenvalue weighted by Crippen LogP contribution is -2.15. The first kappa shape index (κ1) is 12.5. The fourth-order valence-corrected chi connectivity index (χ4v) is 1.43. The van der Waals surface area contributed by atoms with Gasteiger partial charge in [-0.15, -0.1) is 0 Å². The van der Waals surface area contributed by atoms with E-state index in [1.165, 1.54) is 0 Å². The van der Waals surface area contributed by atoms with Crippen molar-refractivity contribution in [2.75, 3.05) is 18.9 Å². The van der Waals surface area contributed by atoms with Gasteiger partial charge in [0.2, 0.25) is 5.91 Å². The monoisotopic (exact) mass is 222 g/mol. The molecule has 88 valence electrons. The maximum Gasteiger partial charge on any atom is 0.224 e. The number of rotatable bonds is 5. The molecule has 1 amide bonds. The number of carbonyl (C=O) groups is 1. The molecule has 0 saturated heterocycles. The van der Waals surface area contributed by atoms with E-state index in [1.54, 1.807) is 18.2 Å². The third-order valence-corrected chi connectivity index (χ3v) is 2.31. The van der Waals surface area contributed by atoms with E-state index in [-0.39, 0.29) is 11.7 Å². The first-order valence-electron chi connectivity index (χ1n) is 5.37. The minimum Gasteiger partial charge on any atom is -0.508 e. The molecule has 4 nitrogen and oxygen atoms in total. The van der Waals surface area contributed by atoms with E-state index >= 15 is 0 Å². The Bertz CT molecular complexity index is 364. The summed E-state index contributed by atoms with van der Waals surface area (Å²) in [7, 11) is 1.86. The first-order valence-corrected chi connectivity index (χ1v) is 5.37. The maximum absolute atomic E-state index is 11.5. The molecule has 1 aromatic carbocycles. The molecule has 0 radical (unpaired) electrons. The normalized spacial score (nSPS) is 10.1. The molecule has 0 aliphatic carbocycles. The molecule has 0 saturated carbocycles. The number of hydrogen-bond donors (Lipinski definition) is 3. The lowest BCUT2D eigenvalue weighted by atomic mass is 10.2. The number of benzene rings is 1. The van der Waals surface area contributed by atoms with E-state index in [0.29, 0.717) is 6.42 Å². The van der Waals surface area contributed by atoms with Crippen molar-refractivity contribution in [3.63, 3.8) is 0 Å². The summed E-state index contributed by atoms with van der Waals surface area (Å²) in [6.07, 6.45) is 1.32. The smallest absolute Gasteiger partial charge is 0.224 e. The second kappa shape index (κ2) is 6.12. The van der Waals surface area contributed by atoms with Crippen LogP contribution in [0.1, 0.15) is 18.4 Å². The van der Waals surface area contributed by atoms with Gasteiger partial charge in [0.25, 0.3) is 0 Å². The molecule has 16 heavy (non-hydrogen) atoms. The Balaban J connectivity index is 2.49. The average molecular weight is 222 g/mol. The van der Waals surface area contributed by atoms with Crippen molar-refractivity contribution in [2.45, 2.75) is 19.8 Å². The van der Waals surface area contributed by atoms with Gasteiger partial charge >= 0.3 is 0 Å². The highest BCUT2D eigenvalue weighted by atomic mass is 16.3. The van der Waals surface area contributed by atoms with Crippen LogP contribution in [-0.4, -0.2) is 24.6 Å². The van der Waals surface area contributed by atoms with Gasteiger partial charge in [-0.25, -0.2) is 0 Å². The summed E-state index contributed by atoms with van der Waals surface area (Å²) >= 11 is 0. The number of aryl methyl sites for hydroxylation is 1.